The van der Waals surface area contributed by atoms with Gasteiger partial charge in [0, 0.05) is 18.8 Å². The molecule has 1 aromatic rings. The Morgan fingerprint density at radius 3 is 2.71 bits per heavy atom. The van der Waals surface area contributed by atoms with Crippen LogP contribution >= 0.6 is 0 Å². The monoisotopic (exact) mass is 332 g/mol. The van der Waals surface area contributed by atoms with Gasteiger partial charge in [-0.2, -0.15) is 0 Å². The summed E-state index contributed by atoms with van der Waals surface area (Å²) in [6, 6.07) is 5.37. The molecule has 4 N–H and O–H groups in total. The summed E-state index contributed by atoms with van der Waals surface area (Å²) in [7, 11) is 0. The van der Waals surface area contributed by atoms with E-state index in [0.29, 0.717) is 0 Å². The molecular formula is C18H28N4O2. The summed E-state index contributed by atoms with van der Waals surface area (Å²) in [6.45, 7) is 8.67. The third-order valence-electron chi connectivity index (χ3n) is 4.31. The average Bonchev–Trinajstić information content (AvgIpc) is 2.95. The lowest BCUT2D eigenvalue weighted by atomic mass is 10.1. The number of carbonyl (C=O) groups is 2. The fraction of sp³-hybridized carbons (Fsp3) is 0.556. The maximum Gasteiger partial charge on any atom is 0.243 e. The van der Waals surface area contributed by atoms with E-state index >= 15 is 0 Å². The third-order valence-corrected chi connectivity index (χ3v) is 4.31. The van der Waals surface area contributed by atoms with E-state index in [1.54, 1.807) is 0 Å². The Kier molecular flexibility index (Phi) is 6.34. The molecule has 2 rings (SSSR count). The van der Waals surface area contributed by atoms with Gasteiger partial charge < -0.3 is 16.4 Å². The van der Waals surface area contributed by atoms with E-state index in [0.717, 1.165) is 31.7 Å². The van der Waals surface area contributed by atoms with Crippen LogP contribution in [0.3, 0.4) is 0 Å². The van der Waals surface area contributed by atoms with Gasteiger partial charge in [0.05, 0.1) is 12.6 Å². The fourth-order valence-corrected chi connectivity index (χ4v) is 2.86. The highest BCUT2D eigenvalue weighted by molar-refractivity contribution is 5.96. The van der Waals surface area contributed by atoms with E-state index in [1.807, 2.05) is 26.0 Å². The molecule has 0 saturated heterocycles. The van der Waals surface area contributed by atoms with Crippen LogP contribution in [0.25, 0.3) is 0 Å². The van der Waals surface area contributed by atoms with E-state index in [-0.39, 0.29) is 24.3 Å². The van der Waals surface area contributed by atoms with Gasteiger partial charge in [-0.3, -0.25) is 14.5 Å². The average molecular weight is 332 g/mol. The van der Waals surface area contributed by atoms with Crippen molar-refractivity contribution in [2.24, 2.45) is 11.7 Å². The van der Waals surface area contributed by atoms with Crippen LogP contribution in [0.5, 0.6) is 0 Å². The number of nitrogens with zero attached hydrogens (tertiary/aromatic N) is 1. The number of nitrogens with one attached hydrogen (secondary N) is 2. The Bertz CT molecular complexity index is 601. The highest BCUT2D eigenvalue weighted by Gasteiger charge is 2.22. The smallest absolute Gasteiger partial charge is 0.243 e. The third kappa shape index (κ3) is 4.55. The number of nitrogens with two attached hydrogens (primary N) is 1. The van der Waals surface area contributed by atoms with Crippen LogP contribution in [0.15, 0.2) is 18.2 Å². The molecule has 1 aliphatic rings. The van der Waals surface area contributed by atoms with Crippen molar-refractivity contribution >= 4 is 17.5 Å². The maximum atomic E-state index is 12.1. The number of fused-ring (bicyclic) bond motifs is 1. The summed E-state index contributed by atoms with van der Waals surface area (Å²) in [4.78, 5) is 26.3. The normalized spacial score (nSPS) is 15.2. The van der Waals surface area contributed by atoms with Gasteiger partial charge >= 0.3 is 0 Å². The summed E-state index contributed by atoms with van der Waals surface area (Å²) in [5.74, 6) is -0.496. The Hall–Kier alpha value is -1.92. The van der Waals surface area contributed by atoms with Crippen molar-refractivity contribution in [2.75, 3.05) is 18.4 Å². The lowest BCUT2D eigenvalue weighted by Crippen LogP contribution is -2.46. The van der Waals surface area contributed by atoms with E-state index in [1.165, 1.54) is 11.1 Å². The first kappa shape index (κ1) is 18.4. The standard InChI is InChI=1S/C18H28N4O2/c1-4-8-22-10-13-6-5-7-15(14(13)11-22)21-16(23)9-20-18(24)17(19)12(2)3/h5-7,12,17H,4,8-11,19H2,1-3H3,(H,20,24)(H,21,23)/t17-/m0/s1. The van der Waals surface area contributed by atoms with Gasteiger partial charge in [0.25, 0.3) is 0 Å². The number of carbonyl (C=O) groups excluding carboxylic acids is 2. The molecule has 1 aromatic carbocycles. The van der Waals surface area contributed by atoms with Gasteiger partial charge in [0.1, 0.15) is 0 Å². The SMILES string of the molecule is CCCN1Cc2cccc(NC(=O)CNC(=O)[C@@H](N)C(C)C)c2C1. The van der Waals surface area contributed by atoms with Crippen LogP contribution in [-0.4, -0.2) is 35.8 Å². The lowest BCUT2D eigenvalue weighted by Gasteiger charge is -2.16. The fourth-order valence-electron chi connectivity index (χ4n) is 2.86. The van der Waals surface area contributed by atoms with Crippen molar-refractivity contribution in [2.45, 2.75) is 46.3 Å². The molecule has 0 spiro atoms. The van der Waals surface area contributed by atoms with Crippen molar-refractivity contribution < 1.29 is 9.59 Å². The molecule has 24 heavy (non-hydrogen) atoms. The van der Waals surface area contributed by atoms with Crippen molar-refractivity contribution in [3.8, 4) is 0 Å². The van der Waals surface area contributed by atoms with Gasteiger partial charge in [0.15, 0.2) is 0 Å². The van der Waals surface area contributed by atoms with Gasteiger partial charge in [-0.05, 0) is 36.1 Å². The Labute approximate surface area is 143 Å². The number of anilines is 1. The number of hydrogen-bond acceptors (Lipinski definition) is 4. The molecule has 0 saturated carbocycles. The van der Waals surface area contributed by atoms with Crippen LogP contribution in [0.4, 0.5) is 5.69 Å². The molecule has 1 atom stereocenters. The van der Waals surface area contributed by atoms with Gasteiger partial charge in [-0.15, -0.1) is 0 Å². The Morgan fingerprint density at radius 1 is 1.29 bits per heavy atom. The van der Waals surface area contributed by atoms with Crippen molar-refractivity contribution in [1.29, 1.82) is 0 Å². The second-order valence-electron chi connectivity index (χ2n) is 6.69. The second-order valence-corrected chi connectivity index (χ2v) is 6.69. The highest BCUT2D eigenvalue weighted by Crippen LogP contribution is 2.29. The van der Waals surface area contributed by atoms with E-state index < -0.39 is 6.04 Å². The number of rotatable bonds is 7. The quantitative estimate of drug-likeness (QED) is 0.705. The minimum Gasteiger partial charge on any atom is -0.346 e. The predicted molar refractivity (Wildman–Crippen MR) is 95.3 cm³/mol. The Morgan fingerprint density at radius 2 is 2.04 bits per heavy atom. The highest BCUT2D eigenvalue weighted by atomic mass is 16.2. The first-order chi connectivity index (χ1) is 11.4. The minimum absolute atomic E-state index is 0.0370. The topological polar surface area (TPSA) is 87.5 Å². The van der Waals surface area contributed by atoms with E-state index in [4.69, 9.17) is 5.73 Å². The van der Waals surface area contributed by atoms with Gasteiger partial charge in [0.2, 0.25) is 11.8 Å². The molecule has 132 valence electrons. The molecule has 2 amide bonds. The molecule has 0 fully saturated rings. The van der Waals surface area contributed by atoms with Gasteiger partial charge in [-0.1, -0.05) is 32.9 Å². The Balaban J connectivity index is 1.92. The van der Waals surface area contributed by atoms with Crippen molar-refractivity contribution in [3.05, 3.63) is 29.3 Å². The zero-order chi connectivity index (χ0) is 17.7. The minimum atomic E-state index is -0.596. The number of amides is 2. The predicted octanol–water partition coefficient (Wildman–Crippen LogP) is 1.45. The number of hydrogen-bond donors (Lipinski definition) is 3. The lowest BCUT2D eigenvalue weighted by molar-refractivity contribution is -0.125. The van der Waals surface area contributed by atoms with Crippen LogP contribution in [0.1, 0.15) is 38.3 Å². The number of benzene rings is 1. The summed E-state index contributed by atoms with van der Waals surface area (Å²) < 4.78 is 0. The first-order valence-corrected chi connectivity index (χ1v) is 8.58. The zero-order valence-corrected chi connectivity index (χ0v) is 14.8. The maximum absolute atomic E-state index is 12.1. The molecule has 0 bridgehead atoms. The first-order valence-electron chi connectivity index (χ1n) is 8.58. The summed E-state index contributed by atoms with van der Waals surface area (Å²) in [6.07, 6.45) is 1.11. The molecule has 0 aliphatic carbocycles. The molecule has 0 unspecified atom stereocenters. The second kappa shape index (κ2) is 8.26. The molecule has 1 heterocycles. The van der Waals surface area contributed by atoms with E-state index in [9.17, 15) is 9.59 Å². The van der Waals surface area contributed by atoms with E-state index in [2.05, 4.69) is 28.5 Å². The largest absolute Gasteiger partial charge is 0.346 e. The van der Waals surface area contributed by atoms with Crippen LogP contribution in [0.2, 0.25) is 0 Å². The molecule has 6 heteroatoms. The van der Waals surface area contributed by atoms with Crippen LogP contribution in [0, 0.1) is 5.92 Å². The van der Waals surface area contributed by atoms with Crippen molar-refractivity contribution in [1.82, 2.24) is 10.2 Å². The molecular weight excluding hydrogens is 304 g/mol. The van der Waals surface area contributed by atoms with Gasteiger partial charge in [-0.25, -0.2) is 0 Å². The van der Waals surface area contributed by atoms with Crippen molar-refractivity contribution in [3.63, 3.8) is 0 Å². The zero-order valence-electron chi connectivity index (χ0n) is 14.8. The van der Waals surface area contributed by atoms with Crippen LogP contribution < -0.4 is 16.4 Å². The summed E-state index contributed by atoms with van der Waals surface area (Å²) in [5.41, 5.74) is 9.03. The van der Waals surface area contributed by atoms with Crippen LogP contribution in [-0.2, 0) is 22.7 Å². The molecule has 0 radical (unpaired) electrons. The summed E-state index contributed by atoms with van der Waals surface area (Å²) in [5, 5.41) is 5.50. The molecule has 1 aliphatic heterocycles. The molecule has 0 aromatic heterocycles. The summed E-state index contributed by atoms with van der Waals surface area (Å²) >= 11 is 0. The molecule has 6 nitrogen and oxygen atoms in total.